The van der Waals surface area contributed by atoms with Crippen LogP contribution in [0.15, 0.2) is 24.4 Å². The van der Waals surface area contributed by atoms with E-state index in [1.165, 1.54) is 22.4 Å². The second-order valence-electron chi connectivity index (χ2n) is 7.85. The van der Waals surface area contributed by atoms with Crippen LogP contribution < -0.4 is 15.4 Å². The summed E-state index contributed by atoms with van der Waals surface area (Å²) < 4.78 is 48.4. The van der Waals surface area contributed by atoms with Gasteiger partial charge in [-0.05, 0) is 25.0 Å². The molecule has 4 heterocycles. The zero-order chi connectivity index (χ0) is 22.6. The van der Waals surface area contributed by atoms with Crippen LogP contribution in [0.3, 0.4) is 0 Å². The van der Waals surface area contributed by atoms with Crippen molar-refractivity contribution in [2.45, 2.75) is 24.9 Å². The maximum absolute atomic E-state index is 13.5. The predicted molar refractivity (Wildman–Crippen MR) is 112 cm³/mol. The summed E-state index contributed by atoms with van der Waals surface area (Å²) in [7, 11) is 3.04. The predicted octanol–water partition coefficient (Wildman–Crippen LogP) is 3.00. The van der Waals surface area contributed by atoms with Gasteiger partial charge in [-0.2, -0.15) is 22.8 Å². The third kappa shape index (κ3) is 3.26. The topological polar surface area (TPSA) is 99.4 Å². The second-order valence-corrected chi connectivity index (χ2v) is 7.85. The zero-order valence-corrected chi connectivity index (χ0v) is 17.5. The number of ether oxygens (including phenoxy) is 1. The summed E-state index contributed by atoms with van der Waals surface area (Å²) in [4.78, 5) is 10.8. The highest BCUT2D eigenvalue weighted by molar-refractivity contribution is 5.95. The van der Waals surface area contributed by atoms with Crippen LogP contribution in [0.2, 0.25) is 0 Å². The Balaban J connectivity index is 1.54. The Hall–Kier alpha value is -3.57. The highest BCUT2D eigenvalue weighted by Crippen LogP contribution is 2.38. The smallest absolute Gasteiger partial charge is 0.437 e. The molecule has 9 nitrogen and oxygen atoms in total. The largest absolute Gasteiger partial charge is 0.494 e. The van der Waals surface area contributed by atoms with E-state index in [0.29, 0.717) is 42.2 Å². The average Bonchev–Trinajstić information content (AvgIpc) is 3.38. The minimum absolute atomic E-state index is 0.0739. The molecule has 3 aromatic heterocycles. The Morgan fingerprint density at radius 1 is 1.19 bits per heavy atom. The van der Waals surface area contributed by atoms with Crippen molar-refractivity contribution in [3.8, 4) is 5.75 Å². The zero-order valence-electron chi connectivity index (χ0n) is 17.5. The lowest BCUT2D eigenvalue weighted by atomic mass is 9.97. The van der Waals surface area contributed by atoms with Crippen LogP contribution in [0.25, 0.3) is 16.6 Å². The Bertz CT molecular complexity index is 1310. The standard InChI is InChI=1S/C20H21F3N8O/c1-29-10-13(16(27-29)20(21,22)23)30-8-4-5-11(9-30)17-26-18-12-6-3-7-14(32-2)15(12)25-19(24)31(18)28-17/h3,6-7,10-11H,4-5,8-9H2,1-2H3,(H2,24,25)/t11-/m1/s1. The number of hydrogen-bond acceptors (Lipinski definition) is 7. The van der Waals surface area contributed by atoms with Crippen LogP contribution in [0.4, 0.5) is 24.8 Å². The lowest BCUT2D eigenvalue weighted by molar-refractivity contribution is -0.141. The van der Waals surface area contributed by atoms with E-state index in [2.05, 4.69) is 15.2 Å². The van der Waals surface area contributed by atoms with Gasteiger partial charge >= 0.3 is 6.18 Å². The van der Waals surface area contributed by atoms with E-state index in [1.807, 2.05) is 12.1 Å². The summed E-state index contributed by atoms with van der Waals surface area (Å²) in [5, 5.41) is 8.92. The maximum Gasteiger partial charge on any atom is 0.437 e. The number of nitrogen functional groups attached to an aromatic ring is 1. The molecular weight excluding hydrogens is 425 g/mol. The SMILES string of the molecule is COc1cccc2c1nc(N)n1nc([C@@H]3CCCN(c4cn(C)nc4C(F)(F)F)C3)nc21. The molecule has 1 fully saturated rings. The van der Waals surface area contributed by atoms with Crippen molar-refractivity contribution < 1.29 is 17.9 Å². The van der Waals surface area contributed by atoms with Crippen molar-refractivity contribution in [2.75, 3.05) is 30.8 Å². The monoisotopic (exact) mass is 446 g/mol. The van der Waals surface area contributed by atoms with Gasteiger partial charge < -0.3 is 15.4 Å². The Morgan fingerprint density at radius 3 is 2.75 bits per heavy atom. The maximum atomic E-state index is 13.5. The summed E-state index contributed by atoms with van der Waals surface area (Å²) in [6, 6.07) is 5.47. The minimum atomic E-state index is -4.52. The summed E-state index contributed by atoms with van der Waals surface area (Å²) >= 11 is 0. The van der Waals surface area contributed by atoms with E-state index in [1.54, 1.807) is 18.1 Å². The molecule has 1 aromatic carbocycles. The number of halogens is 3. The van der Waals surface area contributed by atoms with Gasteiger partial charge in [0.25, 0.3) is 0 Å². The lowest BCUT2D eigenvalue weighted by Gasteiger charge is -2.33. The molecule has 0 saturated carbocycles. The van der Waals surface area contributed by atoms with Crippen molar-refractivity contribution >= 4 is 28.2 Å². The normalized spacial score (nSPS) is 17.4. The number of benzene rings is 1. The molecule has 1 saturated heterocycles. The van der Waals surface area contributed by atoms with E-state index < -0.39 is 11.9 Å². The van der Waals surface area contributed by atoms with Gasteiger partial charge in [0.05, 0.1) is 12.8 Å². The van der Waals surface area contributed by atoms with Crippen LogP contribution >= 0.6 is 0 Å². The summed E-state index contributed by atoms with van der Waals surface area (Å²) in [5.41, 5.74) is 6.44. The number of aryl methyl sites for hydroxylation is 1. The number of anilines is 2. The summed E-state index contributed by atoms with van der Waals surface area (Å²) in [6.45, 7) is 0.850. The number of methoxy groups -OCH3 is 1. The molecule has 12 heteroatoms. The van der Waals surface area contributed by atoms with Crippen LogP contribution in [0.5, 0.6) is 5.75 Å². The van der Waals surface area contributed by atoms with E-state index in [4.69, 9.17) is 15.5 Å². The molecule has 0 bridgehead atoms. The van der Waals surface area contributed by atoms with Crippen molar-refractivity contribution in [1.82, 2.24) is 29.4 Å². The van der Waals surface area contributed by atoms with E-state index in [9.17, 15) is 13.2 Å². The number of rotatable bonds is 3. The van der Waals surface area contributed by atoms with Crippen LogP contribution in [0, 0.1) is 0 Å². The highest BCUT2D eigenvalue weighted by atomic mass is 19.4. The van der Waals surface area contributed by atoms with Gasteiger partial charge in [-0.3, -0.25) is 4.68 Å². The third-order valence-electron chi connectivity index (χ3n) is 5.73. The Labute approximate surface area is 180 Å². The molecule has 4 aromatic rings. The quantitative estimate of drug-likeness (QED) is 0.516. The fraction of sp³-hybridized carbons (Fsp3) is 0.400. The molecule has 0 radical (unpaired) electrons. The molecular formula is C20H21F3N8O. The first-order chi connectivity index (χ1) is 15.3. The molecule has 5 rings (SSSR count). The van der Waals surface area contributed by atoms with E-state index in [0.717, 1.165) is 11.8 Å². The summed E-state index contributed by atoms with van der Waals surface area (Å²) in [5.74, 6) is 1.09. The van der Waals surface area contributed by atoms with Gasteiger partial charge in [0.1, 0.15) is 11.3 Å². The number of para-hydroxylation sites is 1. The molecule has 1 atom stereocenters. The summed E-state index contributed by atoms with van der Waals surface area (Å²) in [6.07, 6.45) is -1.66. The van der Waals surface area contributed by atoms with Crippen molar-refractivity contribution in [3.05, 3.63) is 35.9 Å². The third-order valence-corrected chi connectivity index (χ3v) is 5.73. The molecule has 32 heavy (non-hydrogen) atoms. The van der Waals surface area contributed by atoms with Crippen molar-refractivity contribution in [1.29, 1.82) is 0 Å². The number of hydrogen-bond donors (Lipinski definition) is 1. The lowest BCUT2D eigenvalue weighted by Crippen LogP contribution is -2.35. The molecule has 2 N–H and O–H groups in total. The number of nitrogens with two attached hydrogens (primary N) is 1. The van der Waals surface area contributed by atoms with Gasteiger partial charge in [0.15, 0.2) is 17.2 Å². The van der Waals surface area contributed by atoms with E-state index >= 15 is 0 Å². The van der Waals surface area contributed by atoms with Gasteiger partial charge in [0, 0.05) is 37.6 Å². The average molecular weight is 446 g/mol. The van der Waals surface area contributed by atoms with Crippen molar-refractivity contribution in [3.63, 3.8) is 0 Å². The van der Waals surface area contributed by atoms with Crippen LogP contribution in [-0.4, -0.2) is 49.6 Å². The van der Waals surface area contributed by atoms with E-state index in [-0.39, 0.29) is 17.6 Å². The van der Waals surface area contributed by atoms with Crippen LogP contribution in [0.1, 0.15) is 30.3 Å². The fourth-order valence-electron chi connectivity index (χ4n) is 4.30. The molecule has 0 spiro atoms. The first kappa shape index (κ1) is 20.3. The number of alkyl halides is 3. The highest BCUT2D eigenvalue weighted by Gasteiger charge is 2.39. The number of piperidine rings is 1. The minimum Gasteiger partial charge on any atom is -0.494 e. The Morgan fingerprint density at radius 2 is 2.00 bits per heavy atom. The van der Waals surface area contributed by atoms with Gasteiger partial charge in [-0.25, -0.2) is 9.97 Å². The Kier molecular flexibility index (Phi) is 4.60. The first-order valence-electron chi connectivity index (χ1n) is 10.1. The number of aromatic nitrogens is 6. The number of fused-ring (bicyclic) bond motifs is 3. The van der Waals surface area contributed by atoms with Gasteiger partial charge in [-0.1, -0.05) is 6.07 Å². The molecule has 0 aliphatic carbocycles. The fourth-order valence-corrected chi connectivity index (χ4v) is 4.30. The second kappa shape index (κ2) is 7.24. The molecule has 168 valence electrons. The first-order valence-corrected chi connectivity index (χ1v) is 10.1. The van der Waals surface area contributed by atoms with Crippen molar-refractivity contribution in [2.24, 2.45) is 7.05 Å². The van der Waals surface area contributed by atoms with Gasteiger partial charge in [-0.15, -0.1) is 5.10 Å². The molecule has 1 aliphatic rings. The van der Waals surface area contributed by atoms with Crippen LogP contribution in [-0.2, 0) is 13.2 Å². The molecule has 0 amide bonds. The number of nitrogens with zero attached hydrogens (tertiary/aromatic N) is 7. The van der Waals surface area contributed by atoms with Gasteiger partial charge in [0.2, 0.25) is 5.95 Å². The molecule has 0 unspecified atom stereocenters. The molecule has 1 aliphatic heterocycles.